The van der Waals surface area contributed by atoms with Crippen LogP contribution in [0.15, 0.2) is 65.7 Å². The summed E-state index contributed by atoms with van der Waals surface area (Å²) >= 11 is 0. The average molecular weight is 328 g/mol. The minimum Gasteiger partial charge on any atom is -0.496 e. The van der Waals surface area contributed by atoms with Crippen LogP contribution in [-0.4, -0.2) is 20.5 Å². The maximum absolute atomic E-state index is 12.5. The van der Waals surface area contributed by atoms with Gasteiger partial charge in [-0.2, -0.15) is 0 Å². The van der Waals surface area contributed by atoms with Crippen LogP contribution in [0.5, 0.6) is 5.75 Å². The number of nitrogens with one attached hydrogen (secondary N) is 1. The number of ether oxygens (including phenoxy) is 1. The van der Waals surface area contributed by atoms with Gasteiger partial charge in [-0.25, -0.2) is 13.1 Å². The lowest BCUT2D eigenvalue weighted by Crippen LogP contribution is -2.23. The summed E-state index contributed by atoms with van der Waals surface area (Å²) in [6.07, 6.45) is 1.37. The molecule has 0 spiro atoms. The molecule has 0 bridgehead atoms. The summed E-state index contributed by atoms with van der Waals surface area (Å²) in [5, 5.41) is 0.785. The van der Waals surface area contributed by atoms with E-state index in [1.54, 1.807) is 19.2 Å². The highest BCUT2D eigenvalue weighted by atomic mass is 32.2. The predicted molar refractivity (Wildman–Crippen MR) is 88.8 cm³/mol. The number of methoxy groups -OCH3 is 1. The maximum Gasteiger partial charge on any atom is 0.242 e. The topological polar surface area (TPSA) is 68.3 Å². The molecule has 0 aliphatic rings. The van der Waals surface area contributed by atoms with Crippen LogP contribution in [0, 0.1) is 0 Å². The summed E-state index contributed by atoms with van der Waals surface area (Å²) in [6, 6.07) is 16.3. The Kier molecular flexibility index (Phi) is 4.27. The van der Waals surface area contributed by atoms with Crippen molar-refractivity contribution in [3.8, 4) is 5.75 Å². The molecule has 1 N–H and O–H groups in total. The van der Waals surface area contributed by atoms with Gasteiger partial charge in [-0.05, 0) is 18.2 Å². The number of aromatic nitrogens is 1. The molecule has 0 aliphatic carbocycles. The molecule has 1 aromatic heterocycles. The van der Waals surface area contributed by atoms with Crippen molar-refractivity contribution in [2.75, 3.05) is 7.11 Å². The number of rotatable bonds is 5. The minimum atomic E-state index is -3.64. The van der Waals surface area contributed by atoms with E-state index in [-0.39, 0.29) is 11.4 Å². The Morgan fingerprint density at radius 1 is 1.09 bits per heavy atom. The van der Waals surface area contributed by atoms with Crippen molar-refractivity contribution in [1.29, 1.82) is 0 Å². The Morgan fingerprint density at radius 2 is 1.83 bits per heavy atom. The van der Waals surface area contributed by atoms with E-state index in [1.165, 1.54) is 6.20 Å². The first-order valence-corrected chi connectivity index (χ1v) is 8.55. The normalized spacial score (nSPS) is 11.5. The molecule has 0 radical (unpaired) electrons. The standard InChI is InChI=1S/C17H16N2O3S/c1-22-17-9-5-3-7-14(17)11-19-23(20,21)15-10-13-6-2-4-8-16(13)18-12-15/h2-10,12,19H,11H2,1H3. The van der Waals surface area contributed by atoms with Gasteiger partial charge in [0, 0.05) is 23.7 Å². The highest BCUT2D eigenvalue weighted by Crippen LogP contribution is 2.19. The molecular weight excluding hydrogens is 312 g/mol. The highest BCUT2D eigenvalue weighted by Gasteiger charge is 2.15. The van der Waals surface area contributed by atoms with Crippen LogP contribution in [0.25, 0.3) is 10.9 Å². The van der Waals surface area contributed by atoms with E-state index >= 15 is 0 Å². The summed E-state index contributed by atoms with van der Waals surface area (Å²) in [6.45, 7) is 0.152. The van der Waals surface area contributed by atoms with Crippen LogP contribution in [0.3, 0.4) is 0 Å². The van der Waals surface area contributed by atoms with Crippen LogP contribution < -0.4 is 9.46 Å². The van der Waals surface area contributed by atoms with Gasteiger partial charge < -0.3 is 4.74 Å². The Labute approximate surface area is 135 Å². The van der Waals surface area contributed by atoms with Gasteiger partial charge in [-0.15, -0.1) is 0 Å². The monoisotopic (exact) mass is 328 g/mol. The van der Waals surface area contributed by atoms with Gasteiger partial charge in [0.2, 0.25) is 10.0 Å². The molecule has 3 aromatic rings. The third kappa shape index (κ3) is 3.33. The second-order valence-corrected chi connectivity index (χ2v) is 6.77. The van der Waals surface area contributed by atoms with Crippen molar-refractivity contribution in [2.24, 2.45) is 0 Å². The number of sulfonamides is 1. The predicted octanol–water partition coefficient (Wildman–Crippen LogP) is 2.72. The molecule has 0 fully saturated rings. The van der Waals surface area contributed by atoms with E-state index in [4.69, 9.17) is 4.74 Å². The summed E-state index contributed by atoms with van der Waals surface area (Å²) in [4.78, 5) is 4.34. The van der Waals surface area contributed by atoms with Crippen LogP contribution in [-0.2, 0) is 16.6 Å². The Bertz CT molecular complexity index is 939. The molecule has 0 amide bonds. The van der Waals surface area contributed by atoms with Crippen molar-refractivity contribution in [2.45, 2.75) is 11.4 Å². The maximum atomic E-state index is 12.5. The lowest BCUT2D eigenvalue weighted by atomic mass is 10.2. The molecule has 1 heterocycles. The molecule has 0 saturated carbocycles. The Balaban J connectivity index is 1.85. The number of hydrogen-bond donors (Lipinski definition) is 1. The van der Waals surface area contributed by atoms with E-state index < -0.39 is 10.0 Å². The first kappa shape index (κ1) is 15.5. The molecule has 23 heavy (non-hydrogen) atoms. The van der Waals surface area contributed by atoms with Crippen molar-refractivity contribution in [3.63, 3.8) is 0 Å². The SMILES string of the molecule is COc1ccccc1CNS(=O)(=O)c1cnc2ccccc2c1. The number of benzene rings is 2. The van der Waals surface area contributed by atoms with Gasteiger partial charge in [-0.1, -0.05) is 36.4 Å². The van der Waals surface area contributed by atoms with Crippen LogP contribution in [0.1, 0.15) is 5.56 Å². The van der Waals surface area contributed by atoms with Crippen LogP contribution in [0.4, 0.5) is 0 Å². The highest BCUT2D eigenvalue weighted by molar-refractivity contribution is 7.89. The first-order valence-electron chi connectivity index (χ1n) is 7.06. The number of fused-ring (bicyclic) bond motifs is 1. The number of hydrogen-bond acceptors (Lipinski definition) is 4. The second-order valence-electron chi connectivity index (χ2n) is 5.00. The lowest BCUT2D eigenvalue weighted by molar-refractivity contribution is 0.409. The first-order chi connectivity index (χ1) is 11.1. The van der Waals surface area contributed by atoms with Crippen molar-refractivity contribution in [1.82, 2.24) is 9.71 Å². The van der Waals surface area contributed by atoms with Gasteiger partial charge in [0.05, 0.1) is 12.6 Å². The molecule has 0 atom stereocenters. The van der Waals surface area contributed by atoms with E-state index in [0.29, 0.717) is 5.75 Å². The zero-order chi connectivity index (χ0) is 16.3. The van der Waals surface area contributed by atoms with E-state index in [0.717, 1.165) is 16.5 Å². The van der Waals surface area contributed by atoms with Gasteiger partial charge >= 0.3 is 0 Å². The molecular formula is C17H16N2O3S. The van der Waals surface area contributed by atoms with Gasteiger partial charge in [0.25, 0.3) is 0 Å². The molecule has 0 aliphatic heterocycles. The summed E-state index contributed by atoms with van der Waals surface area (Å²) in [7, 11) is -2.09. The fourth-order valence-corrected chi connectivity index (χ4v) is 3.29. The molecule has 2 aromatic carbocycles. The molecule has 0 unspecified atom stereocenters. The van der Waals surface area contributed by atoms with Crippen molar-refractivity contribution in [3.05, 3.63) is 66.4 Å². The largest absolute Gasteiger partial charge is 0.496 e. The smallest absolute Gasteiger partial charge is 0.242 e. The molecule has 6 heteroatoms. The average Bonchev–Trinajstić information content (AvgIpc) is 2.60. The third-order valence-corrected chi connectivity index (χ3v) is 4.89. The second kappa shape index (κ2) is 6.36. The minimum absolute atomic E-state index is 0.145. The van der Waals surface area contributed by atoms with Gasteiger partial charge in [-0.3, -0.25) is 4.98 Å². The summed E-state index contributed by atoms with van der Waals surface area (Å²) in [5.74, 6) is 0.645. The third-order valence-electron chi connectivity index (χ3n) is 3.52. The van der Waals surface area contributed by atoms with Crippen molar-refractivity contribution < 1.29 is 13.2 Å². The molecule has 118 valence electrons. The van der Waals surface area contributed by atoms with E-state index in [2.05, 4.69) is 9.71 Å². The van der Waals surface area contributed by atoms with Crippen molar-refractivity contribution >= 4 is 20.9 Å². The number of para-hydroxylation sites is 2. The number of pyridine rings is 1. The van der Waals surface area contributed by atoms with E-state index in [1.807, 2.05) is 42.5 Å². The van der Waals surface area contributed by atoms with Gasteiger partial charge in [0.1, 0.15) is 10.6 Å². The van der Waals surface area contributed by atoms with Crippen LogP contribution in [0.2, 0.25) is 0 Å². The van der Waals surface area contributed by atoms with Gasteiger partial charge in [0.15, 0.2) is 0 Å². The molecule has 3 rings (SSSR count). The summed E-state index contributed by atoms with van der Waals surface area (Å²) < 4.78 is 32.7. The molecule has 5 nitrogen and oxygen atoms in total. The molecule has 0 saturated heterocycles. The summed E-state index contributed by atoms with van der Waals surface area (Å²) in [5.41, 5.74) is 1.53. The Hall–Kier alpha value is -2.44. The zero-order valence-corrected chi connectivity index (χ0v) is 13.4. The lowest BCUT2D eigenvalue weighted by Gasteiger charge is -2.10. The fraction of sp³-hybridized carbons (Fsp3) is 0.118. The van der Waals surface area contributed by atoms with E-state index in [9.17, 15) is 8.42 Å². The zero-order valence-electron chi connectivity index (χ0n) is 12.6. The quantitative estimate of drug-likeness (QED) is 0.782. The number of nitrogens with zero attached hydrogens (tertiary/aromatic N) is 1. The van der Waals surface area contributed by atoms with Crippen LogP contribution >= 0.6 is 0 Å². The fourth-order valence-electron chi connectivity index (χ4n) is 2.30. The Morgan fingerprint density at radius 3 is 2.65 bits per heavy atom.